The summed E-state index contributed by atoms with van der Waals surface area (Å²) in [6.07, 6.45) is 4.89. The van der Waals surface area contributed by atoms with Gasteiger partial charge in [-0.1, -0.05) is 0 Å². The molecule has 0 amide bonds. The Morgan fingerprint density at radius 3 is 2.79 bits per heavy atom. The standard InChI is InChI=1S/C17H26N4O3/c1-13-9-16(21(22)23)17(18-10-13)19(2)15-3-6-20(7-4-15)11-14-5-8-24-12-14/h9-10,14-15H,3-8,11-12H2,1-2H3/t14-/m1/s1. The van der Waals surface area contributed by atoms with Gasteiger partial charge in [0, 0.05) is 51.6 Å². The Morgan fingerprint density at radius 1 is 1.42 bits per heavy atom. The van der Waals surface area contributed by atoms with E-state index in [2.05, 4.69) is 9.88 Å². The highest BCUT2D eigenvalue weighted by molar-refractivity contribution is 5.58. The molecule has 1 aromatic rings. The first-order chi connectivity index (χ1) is 11.5. The fraction of sp³-hybridized carbons (Fsp3) is 0.706. The molecule has 0 N–H and O–H groups in total. The number of hydrogen-bond donors (Lipinski definition) is 0. The average molecular weight is 334 g/mol. The van der Waals surface area contributed by atoms with E-state index in [1.807, 2.05) is 18.9 Å². The molecule has 0 aromatic carbocycles. The number of hydrogen-bond acceptors (Lipinski definition) is 6. The Hall–Kier alpha value is -1.73. The second-order valence-electron chi connectivity index (χ2n) is 6.98. The molecule has 0 saturated carbocycles. The summed E-state index contributed by atoms with van der Waals surface area (Å²) in [5, 5.41) is 11.3. The number of likely N-dealkylation sites (tertiary alicyclic amines) is 1. The van der Waals surface area contributed by atoms with Crippen molar-refractivity contribution in [2.45, 2.75) is 32.2 Å². The number of rotatable bonds is 5. The maximum atomic E-state index is 11.3. The highest BCUT2D eigenvalue weighted by Crippen LogP contribution is 2.29. The van der Waals surface area contributed by atoms with Crippen molar-refractivity contribution < 1.29 is 9.66 Å². The summed E-state index contributed by atoms with van der Waals surface area (Å²) >= 11 is 0. The second kappa shape index (κ2) is 7.44. The van der Waals surface area contributed by atoms with Gasteiger partial charge in [-0.2, -0.15) is 0 Å². The molecular weight excluding hydrogens is 308 g/mol. The van der Waals surface area contributed by atoms with Crippen LogP contribution in [0.4, 0.5) is 11.5 Å². The molecule has 132 valence electrons. The van der Waals surface area contributed by atoms with E-state index in [4.69, 9.17) is 4.74 Å². The van der Waals surface area contributed by atoms with Crippen LogP contribution >= 0.6 is 0 Å². The van der Waals surface area contributed by atoms with E-state index in [0.717, 1.165) is 51.3 Å². The molecule has 2 aliphatic heterocycles. The first-order valence-corrected chi connectivity index (χ1v) is 8.68. The van der Waals surface area contributed by atoms with E-state index in [1.165, 1.54) is 6.42 Å². The zero-order valence-electron chi connectivity index (χ0n) is 14.5. The molecular formula is C17H26N4O3. The predicted molar refractivity (Wildman–Crippen MR) is 92.4 cm³/mol. The van der Waals surface area contributed by atoms with Gasteiger partial charge in [0.05, 0.1) is 11.5 Å². The van der Waals surface area contributed by atoms with Gasteiger partial charge in [-0.25, -0.2) is 4.98 Å². The number of piperidine rings is 1. The molecule has 3 rings (SSSR count). The van der Waals surface area contributed by atoms with Crippen LogP contribution in [0.5, 0.6) is 0 Å². The fourth-order valence-electron chi connectivity index (χ4n) is 3.71. The predicted octanol–water partition coefficient (Wildman–Crippen LogP) is 2.24. The topological polar surface area (TPSA) is 71.7 Å². The highest BCUT2D eigenvalue weighted by Gasteiger charge is 2.29. The number of pyridine rings is 1. The number of nitro groups is 1. The van der Waals surface area contributed by atoms with Crippen LogP contribution in [0.3, 0.4) is 0 Å². The second-order valence-corrected chi connectivity index (χ2v) is 6.98. The van der Waals surface area contributed by atoms with E-state index in [9.17, 15) is 10.1 Å². The Balaban J connectivity index is 1.60. The van der Waals surface area contributed by atoms with E-state index in [0.29, 0.717) is 17.8 Å². The Labute approximate surface area is 142 Å². The van der Waals surface area contributed by atoms with Crippen molar-refractivity contribution in [3.8, 4) is 0 Å². The summed E-state index contributed by atoms with van der Waals surface area (Å²) in [5.74, 6) is 1.15. The number of aryl methyl sites for hydroxylation is 1. The number of aromatic nitrogens is 1. The Morgan fingerprint density at radius 2 is 2.17 bits per heavy atom. The molecule has 24 heavy (non-hydrogen) atoms. The van der Waals surface area contributed by atoms with Gasteiger partial charge in [-0.15, -0.1) is 0 Å². The first kappa shape index (κ1) is 17.1. The van der Waals surface area contributed by atoms with Crippen molar-refractivity contribution in [2.75, 3.05) is 44.8 Å². The zero-order valence-corrected chi connectivity index (χ0v) is 14.5. The van der Waals surface area contributed by atoms with Gasteiger partial charge >= 0.3 is 5.69 Å². The van der Waals surface area contributed by atoms with Crippen LogP contribution < -0.4 is 4.90 Å². The van der Waals surface area contributed by atoms with Gasteiger partial charge < -0.3 is 14.5 Å². The summed E-state index contributed by atoms with van der Waals surface area (Å²) in [6.45, 7) is 6.79. The van der Waals surface area contributed by atoms with Crippen molar-refractivity contribution in [1.82, 2.24) is 9.88 Å². The van der Waals surface area contributed by atoms with Gasteiger partial charge in [0.15, 0.2) is 0 Å². The Bertz CT molecular complexity index is 581. The minimum absolute atomic E-state index is 0.100. The largest absolute Gasteiger partial charge is 0.381 e. The minimum Gasteiger partial charge on any atom is -0.381 e. The van der Waals surface area contributed by atoms with Crippen LogP contribution in [0.2, 0.25) is 0 Å². The summed E-state index contributed by atoms with van der Waals surface area (Å²) in [7, 11) is 1.93. The molecule has 1 aromatic heterocycles. The van der Waals surface area contributed by atoms with Crippen molar-refractivity contribution in [3.63, 3.8) is 0 Å². The van der Waals surface area contributed by atoms with Gasteiger partial charge in [-0.3, -0.25) is 10.1 Å². The van der Waals surface area contributed by atoms with Crippen molar-refractivity contribution in [1.29, 1.82) is 0 Å². The quantitative estimate of drug-likeness (QED) is 0.607. The van der Waals surface area contributed by atoms with E-state index in [1.54, 1.807) is 12.3 Å². The molecule has 2 fully saturated rings. The van der Waals surface area contributed by atoms with Crippen LogP contribution in [0.15, 0.2) is 12.3 Å². The lowest BCUT2D eigenvalue weighted by Crippen LogP contribution is -2.45. The first-order valence-electron chi connectivity index (χ1n) is 8.68. The van der Waals surface area contributed by atoms with Crippen molar-refractivity contribution >= 4 is 11.5 Å². The molecule has 2 aliphatic rings. The van der Waals surface area contributed by atoms with Crippen LogP contribution in [-0.4, -0.2) is 60.7 Å². The smallest absolute Gasteiger partial charge is 0.311 e. The lowest BCUT2D eigenvalue weighted by molar-refractivity contribution is -0.384. The monoisotopic (exact) mass is 334 g/mol. The number of anilines is 1. The summed E-state index contributed by atoms with van der Waals surface area (Å²) < 4.78 is 5.45. The zero-order chi connectivity index (χ0) is 17.1. The SMILES string of the molecule is Cc1cnc(N(C)C2CCN(C[C@H]3CCOC3)CC2)c([N+](=O)[O-])c1. The molecule has 3 heterocycles. The Kier molecular flexibility index (Phi) is 5.30. The fourth-order valence-corrected chi connectivity index (χ4v) is 3.71. The van der Waals surface area contributed by atoms with Gasteiger partial charge in [-0.05, 0) is 37.7 Å². The molecule has 2 saturated heterocycles. The maximum absolute atomic E-state index is 11.3. The molecule has 0 spiro atoms. The molecule has 1 atom stereocenters. The van der Waals surface area contributed by atoms with Crippen LogP contribution in [0, 0.1) is 23.0 Å². The van der Waals surface area contributed by atoms with Crippen molar-refractivity contribution in [3.05, 3.63) is 27.9 Å². The summed E-state index contributed by atoms with van der Waals surface area (Å²) in [6, 6.07) is 1.91. The molecule has 7 heteroatoms. The molecule has 7 nitrogen and oxygen atoms in total. The number of nitrogens with zero attached hydrogens (tertiary/aromatic N) is 4. The average Bonchev–Trinajstić information content (AvgIpc) is 3.08. The van der Waals surface area contributed by atoms with E-state index < -0.39 is 0 Å². The summed E-state index contributed by atoms with van der Waals surface area (Å²) in [4.78, 5) is 19.8. The van der Waals surface area contributed by atoms with E-state index >= 15 is 0 Å². The third kappa shape index (κ3) is 3.84. The third-order valence-electron chi connectivity index (χ3n) is 5.16. The number of ether oxygens (including phenoxy) is 1. The summed E-state index contributed by atoms with van der Waals surface area (Å²) in [5.41, 5.74) is 0.912. The van der Waals surface area contributed by atoms with Crippen molar-refractivity contribution in [2.24, 2.45) is 5.92 Å². The van der Waals surface area contributed by atoms with Gasteiger partial charge in [0.25, 0.3) is 0 Å². The normalized spacial score (nSPS) is 22.7. The van der Waals surface area contributed by atoms with Gasteiger partial charge in [0.2, 0.25) is 5.82 Å². The molecule has 0 unspecified atom stereocenters. The van der Waals surface area contributed by atoms with E-state index in [-0.39, 0.29) is 10.6 Å². The third-order valence-corrected chi connectivity index (χ3v) is 5.16. The lowest BCUT2D eigenvalue weighted by Gasteiger charge is -2.37. The maximum Gasteiger partial charge on any atom is 0.311 e. The molecule has 0 bridgehead atoms. The van der Waals surface area contributed by atoms with Crippen LogP contribution in [-0.2, 0) is 4.74 Å². The van der Waals surface area contributed by atoms with Crippen LogP contribution in [0.25, 0.3) is 0 Å². The minimum atomic E-state index is -0.332. The van der Waals surface area contributed by atoms with Crippen LogP contribution in [0.1, 0.15) is 24.8 Å². The molecule has 0 radical (unpaired) electrons. The molecule has 0 aliphatic carbocycles. The highest BCUT2D eigenvalue weighted by atomic mass is 16.6. The van der Waals surface area contributed by atoms with Gasteiger partial charge in [0.1, 0.15) is 0 Å². The lowest BCUT2D eigenvalue weighted by atomic mass is 10.0.